The lowest BCUT2D eigenvalue weighted by molar-refractivity contribution is -0.120. The number of aliphatic hydroxyl groups excluding tert-OH is 4. The maximum atomic E-state index is 12.7. The quantitative estimate of drug-likeness (QED) is 0.337. The minimum absolute atomic E-state index is 0.00526. The molecule has 4 rings (SSSR count). The molecule has 0 aliphatic heterocycles. The molecule has 6 atom stereocenters. The van der Waals surface area contributed by atoms with Gasteiger partial charge in [-0.25, -0.2) is 0 Å². The molecule has 0 aromatic heterocycles. The summed E-state index contributed by atoms with van der Waals surface area (Å²) < 4.78 is 0. The Morgan fingerprint density at radius 2 is 1.74 bits per heavy atom. The average Bonchev–Trinajstić information content (AvgIpc) is 3.09. The van der Waals surface area contributed by atoms with Crippen LogP contribution in [0.2, 0.25) is 0 Å². The van der Waals surface area contributed by atoms with E-state index in [4.69, 9.17) is 0 Å². The minimum atomic E-state index is -1.39. The van der Waals surface area contributed by atoms with Gasteiger partial charge in [0.1, 0.15) is 5.54 Å². The predicted molar refractivity (Wildman–Crippen MR) is 118 cm³/mol. The first-order valence-electron chi connectivity index (χ1n) is 11.9. The fraction of sp³-hybridized carbons (Fsp3) is 0.800. The van der Waals surface area contributed by atoms with Crippen molar-refractivity contribution in [2.45, 2.75) is 76.9 Å². The molecule has 0 aromatic rings. The number of hydrogen-bond acceptors (Lipinski definition) is 5. The molecule has 0 radical (unpaired) electrons. The van der Waals surface area contributed by atoms with Crippen LogP contribution in [0.15, 0.2) is 23.3 Å². The van der Waals surface area contributed by atoms with Gasteiger partial charge in [0.05, 0.1) is 25.9 Å². The zero-order valence-corrected chi connectivity index (χ0v) is 18.9. The number of amides is 1. The van der Waals surface area contributed by atoms with E-state index in [2.05, 4.69) is 25.2 Å². The second-order valence-electron chi connectivity index (χ2n) is 11.1. The van der Waals surface area contributed by atoms with Gasteiger partial charge in [0.25, 0.3) is 0 Å². The van der Waals surface area contributed by atoms with Crippen LogP contribution in [0.4, 0.5) is 0 Å². The molecule has 0 bridgehead atoms. The molecule has 0 spiro atoms. The molecule has 1 amide bonds. The SMILES string of the molecule is C[C@]12CC[C@H](O)CC1=CC[C@@H]1[C@@H]2CC[C@]2(C)/C(=C\C(=O)NC(CO)(CO)CO)CC[C@@H]12. The third kappa shape index (κ3) is 3.69. The summed E-state index contributed by atoms with van der Waals surface area (Å²) in [6.45, 7) is 3.19. The highest BCUT2D eigenvalue weighted by Crippen LogP contribution is 2.66. The van der Waals surface area contributed by atoms with Crippen molar-refractivity contribution in [2.75, 3.05) is 19.8 Å². The van der Waals surface area contributed by atoms with Crippen LogP contribution in [-0.4, -0.2) is 57.8 Å². The Morgan fingerprint density at radius 3 is 2.42 bits per heavy atom. The van der Waals surface area contributed by atoms with Crippen LogP contribution in [-0.2, 0) is 4.79 Å². The van der Waals surface area contributed by atoms with E-state index in [9.17, 15) is 25.2 Å². The second-order valence-corrected chi connectivity index (χ2v) is 11.1. The molecule has 4 aliphatic rings. The lowest BCUT2D eigenvalue weighted by atomic mass is 9.48. The van der Waals surface area contributed by atoms with E-state index < -0.39 is 25.4 Å². The van der Waals surface area contributed by atoms with Gasteiger partial charge in [0.2, 0.25) is 5.91 Å². The molecule has 0 heterocycles. The number of allylic oxidation sites excluding steroid dienone is 2. The van der Waals surface area contributed by atoms with E-state index in [0.29, 0.717) is 17.8 Å². The summed E-state index contributed by atoms with van der Waals surface area (Å²) in [5, 5.41) is 41.3. The fourth-order valence-corrected chi connectivity index (χ4v) is 7.45. The monoisotopic (exact) mass is 433 g/mol. The van der Waals surface area contributed by atoms with E-state index in [1.165, 1.54) is 5.57 Å². The summed E-state index contributed by atoms with van der Waals surface area (Å²) in [6, 6.07) is 0. The minimum Gasteiger partial charge on any atom is -0.394 e. The van der Waals surface area contributed by atoms with Crippen molar-refractivity contribution in [1.29, 1.82) is 0 Å². The first-order chi connectivity index (χ1) is 14.7. The van der Waals surface area contributed by atoms with E-state index in [-0.39, 0.29) is 22.8 Å². The molecule has 31 heavy (non-hydrogen) atoms. The Balaban J connectivity index is 1.55. The summed E-state index contributed by atoms with van der Waals surface area (Å²) in [4.78, 5) is 12.7. The largest absolute Gasteiger partial charge is 0.394 e. The molecule has 0 unspecified atom stereocenters. The molecular weight excluding hydrogens is 394 g/mol. The molecule has 174 valence electrons. The van der Waals surface area contributed by atoms with Gasteiger partial charge in [0, 0.05) is 6.08 Å². The Hall–Kier alpha value is -1.21. The van der Waals surface area contributed by atoms with Crippen LogP contribution < -0.4 is 5.32 Å². The van der Waals surface area contributed by atoms with E-state index in [0.717, 1.165) is 56.9 Å². The van der Waals surface area contributed by atoms with Gasteiger partial charge in [0.15, 0.2) is 0 Å². The van der Waals surface area contributed by atoms with Crippen molar-refractivity contribution in [3.05, 3.63) is 23.3 Å². The van der Waals surface area contributed by atoms with Gasteiger partial charge < -0.3 is 25.7 Å². The summed E-state index contributed by atoms with van der Waals surface area (Å²) in [6.07, 6.45) is 12.0. The Labute approximate surface area is 185 Å². The average molecular weight is 434 g/mol. The second kappa shape index (κ2) is 8.29. The third-order valence-corrected chi connectivity index (χ3v) is 9.53. The van der Waals surface area contributed by atoms with Gasteiger partial charge in [-0.1, -0.05) is 31.1 Å². The molecule has 6 heteroatoms. The number of carbonyl (C=O) groups is 1. The smallest absolute Gasteiger partial charge is 0.244 e. The summed E-state index contributed by atoms with van der Waals surface area (Å²) >= 11 is 0. The topological polar surface area (TPSA) is 110 Å². The van der Waals surface area contributed by atoms with Crippen molar-refractivity contribution in [3.8, 4) is 0 Å². The zero-order valence-electron chi connectivity index (χ0n) is 18.9. The van der Waals surface area contributed by atoms with E-state index in [1.54, 1.807) is 6.08 Å². The molecule has 0 aromatic carbocycles. The number of carbonyl (C=O) groups excluding carboxylic acids is 1. The van der Waals surface area contributed by atoms with Crippen molar-refractivity contribution in [3.63, 3.8) is 0 Å². The van der Waals surface area contributed by atoms with Gasteiger partial charge in [-0.2, -0.15) is 0 Å². The maximum Gasteiger partial charge on any atom is 0.244 e. The Morgan fingerprint density at radius 1 is 1.10 bits per heavy atom. The van der Waals surface area contributed by atoms with Gasteiger partial charge in [-0.15, -0.1) is 0 Å². The fourth-order valence-electron chi connectivity index (χ4n) is 7.45. The van der Waals surface area contributed by atoms with Gasteiger partial charge in [-0.05, 0) is 80.0 Å². The molecule has 3 saturated carbocycles. The van der Waals surface area contributed by atoms with E-state index in [1.807, 2.05) is 0 Å². The van der Waals surface area contributed by atoms with Crippen LogP contribution in [0.1, 0.15) is 65.2 Å². The lowest BCUT2D eigenvalue weighted by Crippen LogP contribution is -2.56. The van der Waals surface area contributed by atoms with Crippen molar-refractivity contribution < 1.29 is 25.2 Å². The highest BCUT2D eigenvalue weighted by molar-refractivity contribution is 5.89. The maximum absolute atomic E-state index is 12.7. The number of hydrogen-bond donors (Lipinski definition) is 5. The number of fused-ring (bicyclic) bond motifs is 5. The number of nitrogens with one attached hydrogen (secondary N) is 1. The molecule has 6 nitrogen and oxygen atoms in total. The lowest BCUT2D eigenvalue weighted by Gasteiger charge is -2.57. The summed E-state index contributed by atoms with van der Waals surface area (Å²) in [7, 11) is 0. The van der Waals surface area contributed by atoms with E-state index >= 15 is 0 Å². The van der Waals surface area contributed by atoms with Crippen molar-refractivity contribution in [2.24, 2.45) is 28.6 Å². The molecular formula is C25H39NO5. The highest BCUT2D eigenvalue weighted by Gasteiger charge is 2.57. The van der Waals surface area contributed by atoms with Crippen molar-refractivity contribution >= 4 is 5.91 Å². The first kappa shape index (κ1) is 23.0. The molecule has 4 aliphatic carbocycles. The summed E-state index contributed by atoms with van der Waals surface area (Å²) in [5.41, 5.74) is 1.44. The highest BCUT2D eigenvalue weighted by atomic mass is 16.3. The predicted octanol–water partition coefficient (Wildman–Crippen LogP) is 2.07. The zero-order chi connectivity index (χ0) is 22.4. The molecule has 5 N–H and O–H groups in total. The molecule has 0 saturated heterocycles. The number of aliphatic hydroxyl groups is 4. The first-order valence-corrected chi connectivity index (χ1v) is 11.9. The van der Waals surface area contributed by atoms with Gasteiger partial charge >= 0.3 is 0 Å². The van der Waals surface area contributed by atoms with Crippen LogP contribution in [0.25, 0.3) is 0 Å². The third-order valence-electron chi connectivity index (χ3n) is 9.53. The summed E-state index contributed by atoms with van der Waals surface area (Å²) in [5.74, 6) is 1.46. The normalized spacial score (nSPS) is 41.2. The van der Waals surface area contributed by atoms with Crippen molar-refractivity contribution in [1.82, 2.24) is 5.32 Å². The van der Waals surface area contributed by atoms with Gasteiger partial charge in [-0.3, -0.25) is 4.79 Å². The standard InChI is InChI=1S/C25H39NO5/c1-23-9-7-18(30)11-16(23)3-5-19-20-6-4-17(24(20,2)10-8-21(19)23)12-22(31)26-25(13-27,14-28)15-29/h3,12,18-21,27-30H,4-11,13-15H2,1-2H3,(H,26,31)/b17-12-/t18-,19-,20-,21-,23-,24+/m0/s1. The Bertz CT molecular complexity index is 764. The molecule has 3 fully saturated rings. The van der Waals surface area contributed by atoms with Crippen LogP contribution in [0, 0.1) is 28.6 Å². The van der Waals surface area contributed by atoms with Crippen LogP contribution in [0.3, 0.4) is 0 Å². The van der Waals surface area contributed by atoms with Crippen LogP contribution in [0.5, 0.6) is 0 Å². The van der Waals surface area contributed by atoms with Crippen LogP contribution >= 0.6 is 0 Å². The Kier molecular flexibility index (Phi) is 6.14. The number of rotatable bonds is 5.